The number of nitrogens with zero attached hydrogens (tertiary/aromatic N) is 1. The van der Waals surface area contributed by atoms with Crippen LogP contribution < -0.4 is 0 Å². The van der Waals surface area contributed by atoms with Gasteiger partial charge in [0.25, 0.3) is 0 Å². The number of ketones is 1. The van der Waals surface area contributed by atoms with E-state index in [-0.39, 0.29) is 11.5 Å². The Morgan fingerprint density at radius 1 is 1.17 bits per heavy atom. The van der Waals surface area contributed by atoms with Crippen molar-refractivity contribution in [3.05, 3.63) is 35.9 Å². The Bertz CT molecular complexity index is 436. The predicted octanol–water partition coefficient (Wildman–Crippen LogP) is 2.98. The summed E-state index contributed by atoms with van der Waals surface area (Å²) in [6.07, 6.45) is 4.91. The first-order valence-corrected chi connectivity index (χ1v) is 7.06. The number of Topliss-reactive ketones (excluding diaryl/α,β-unsaturated/α-hetero) is 1. The molecule has 18 heavy (non-hydrogen) atoms. The van der Waals surface area contributed by atoms with Gasteiger partial charge in [-0.2, -0.15) is 0 Å². The Hall–Kier alpha value is -1.15. The van der Waals surface area contributed by atoms with Gasteiger partial charge in [0.1, 0.15) is 5.78 Å². The molecular formula is C16H21NO. The largest absolute Gasteiger partial charge is 0.300 e. The Morgan fingerprint density at radius 3 is 2.39 bits per heavy atom. The molecule has 1 aliphatic heterocycles. The lowest BCUT2D eigenvalue weighted by molar-refractivity contribution is -0.119. The number of hydrogen-bond donors (Lipinski definition) is 0. The maximum absolute atomic E-state index is 11.8. The standard InChI is InChI=1S/C16H21NO/c1-13(18)15-12-16(15,14-8-4-2-5-9-14)17-10-6-3-7-11-17/h2,4-5,8-9,15H,3,6-7,10-12H2,1H3. The Kier molecular flexibility index (Phi) is 2.98. The molecule has 1 heterocycles. The van der Waals surface area contributed by atoms with Crippen molar-refractivity contribution >= 4 is 5.78 Å². The minimum absolute atomic E-state index is 0.0352. The number of carbonyl (C=O) groups is 1. The molecule has 96 valence electrons. The molecule has 0 bridgehead atoms. The first kappa shape index (κ1) is 11.9. The van der Waals surface area contributed by atoms with Crippen molar-refractivity contribution in [2.24, 2.45) is 5.92 Å². The zero-order valence-electron chi connectivity index (χ0n) is 11.1. The van der Waals surface area contributed by atoms with Crippen LogP contribution in [-0.4, -0.2) is 23.8 Å². The third-order valence-corrected chi connectivity index (χ3v) is 4.62. The van der Waals surface area contributed by atoms with E-state index >= 15 is 0 Å². The van der Waals surface area contributed by atoms with E-state index in [1.54, 1.807) is 6.92 Å². The van der Waals surface area contributed by atoms with Crippen LogP contribution in [0.1, 0.15) is 38.2 Å². The first-order chi connectivity index (χ1) is 8.75. The van der Waals surface area contributed by atoms with Gasteiger partial charge in [-0.05, 0) is 44.8 Å². The fourth-order valence-corrected chi connectivity index (χ4v) is 3.60. The van der Waals surface area contributed by atoms with Crippen molar-refractivity contribution in [1.82, 2.24) is 4.90 Å². The van der Waals surface area contributed by atoms with Crippen molar-refractivity contribution in [3.63, 3.8) is 0 Å². The van der Waals surface area contributed by atoms with E-state index in [4.69, 9.17) is 0 Å². The van der Waals surface area contributed by atoms with E-state index in [0.717, 1.165) is 19.5 Å². The zero-order valence-corrected chi connectivity index (χ0v) is 11.1. The highest BCUT2D eigenvalue weighted by Crippen LogP contribution is 2.57. The summed E-state index contributed by atoms with van der Waals surface area (Å²) < 4.78 is 0. The maximum atomic E-state index is 11.8. The van der Waals surface area contributed by atoms with Crippen LogP contribution in [0.3, 0.4) is 0 Å². The van der Waals surface area contributed by atoms with E-state index in [2.05, 4.69) is 35.2 Å². The van der Waals surface area contributed by atoms with Gasteiger partial charge < -0.3 is 0 Å². The fraction of sp³-hybridized carbons (Fsp3) is 0.562. The normalized spacial score (nSPS) is 32.2. The van der Waals surface area contributed by atoms with Gasteiger partial charge >= 0.3 is 0 Å². The highest BCUT2D eigenvalue weighted by atomic mass is 16.1. The molecule has 0 spiro atoms. The van der Waals surface area contributed by atoms with E-state index in [9.17, 15) is 4.79 Å². The van der Waals surface area contributed by atoms with Crippen LogP contribution in [0.5, 0.6) is 0 Å². The summed E-state index contributed by atoms with van der Waals surface area (Å²) >= 11 is 0. The van der Waals surface area contributed by atoms with Gasteiger partial charge in [-0.3, -0.25) is 9.69 Å². The molecule has 1 saturated heterocycles. The topological polar surface area (TPSA) is 20.3 Å². The van der Waals surface area contributed by atoms with Crippen LogP contribution in [-0.2, 0) is 10.3 Å². The summed E-state index contributed by atoms with van der Waals surface area (Å²) in [6, 6.07) is 10.6. The number of piperidine rings is 1. The molecule has 0 amide bonds. The lowest BCUT2D eigenvalue weighted by Crippen LogP contribution is -2.41. The highest BCUT2D eigenvalue weighted by molar-refractivity contribution is 5.84. The Morgan fingerprint density at radius 2 is 1.83 bits per heavy atom. The van der Waals surface area contributed by atoms with Crippen LogP contribution in [0, 0.1) is 5.92 Å². The second-order valence-electron chi connectivity index (χ2n) is 5.71. The smallest absolute Gasteiger partial charge is 0.135 e. The molecule has 2 aliphatic rings. The summed E-state index contributed by atoms with van der Waals surface area (Å²) in [4.78, 5) is 14.4. The number of rotatable bonds is 3. The lowest BCUT2D eigenvalue weighted by Gasteiger charge is -2.36. The van der Waals surface area contributed by atoms with Crippen molar-refractivity contribution in [3.8, 4) is 0 Å². The van der Waals surface area contributed by atoms with Gasteiger partial charge in [-0.15, -0.1) is 0 Å². The maximum Gasteiger partial charge on any atom is 0.135 e. The average Bonchev–Trinajstić information content (AvgIpc) is 3.18. The zero-order chi connectivity index (χ0) is 12.6. The van der Waals surface area contributed by atoms with Crippen LogP contribution in [0.2, 0.25) is 0 Å². The summed E-state index contributed by atoms with van der Waals surface area (Å²) in [5.41, 5.74) is 1.38. The van der Waals surface area contributed by atoms with E-state index < -0.39 is 0 Å². The summed E-state index contributed by atoms with van der Waals surface area (Å²) in [5.74, 6) is 0.572. The van der Waals surface area contributed by atoms with Crippen LogP contribution >= 0.6 is 0 Å². The van der Waals surface area contributed by atoms with Crippen molar-refractivity contribution in [1.29, 1.82) is 0 Å². The van der Waals surface area contributed by atoms with Gasteiger partial charge in [0.05, 0.1) is 5.54 Å². The third-order valence-electron chi connectivity index (χ3n) is 4.62. The molecule has 2 nitrogen and oxygen atoms in total. The third kappa shape index (κ3) is 1.79. The van der Waals surface area contributed by atoms with Gasteiger partial charge in [0.2, 0.25) is 0 Å². The van der Waals surface area contributed by atoms with Crippen molar-refractivity contribution < 1.29 is 4.79 Å². The van der Waals surface area contributed by atoms with Crippen molar-refractivity contribution in [2.45, 2.75) is 38.1 Å². The second-order valence-corrected chi connectivity index (χ2v) is 5.71. The Balaban J connectivity index is 1.93. The van der Waals surface area contributed by atoms with Crippen LogP contribution in [0.4, 0.5) is 0 Å². The SMILES string of the molecule is CC(=O)C1CC1(c1ccccc1)N1CCCCC1. The number of benzene rings is 1. The van der Waals surface area contributed by atoms with Gasteiger partial charge in [-0.1, -0.05) is 36.8 Å². The van der Waals surface area contributed by atoms with Gasteiger partial charge in [0, 0.05) is 5.92 Å². The molecule has 3 rings (SSSR count). The second kappa shape index (κ2) is 4.51. The molecule has 2 atom stereocenters. The van der Waals surface area contributed by atoms with E-state index in [1.807, 2.05) is 0 Å². The average molecular weight is 243 g/mol. The summed E-state index contributed by atoms with van der Waals surface area (Å²) in [6.45, 7) is 4.05. The van der Waals surface area contributed by atoms with Crippen LogP contribution in [0.15, 0.2) is 30.3 Å². The van der Waals surface area contributed by atoms with Gasteiger partial charge in [-0.25, -0.2) is 0 Å². The Labute approximate surface area is 109 Å². The summed E-state index contributed by atoms with van der Waals surface area (Å²) in [7, 11) is 0. The molecular weight excluding hydrogens is 222 g/mol. The number of hydrogen-bond acceptors (Lipinski definition) is 2. The quantitative estimate of drug-likeness (QED) is 0.813. The molecule has 2 fully saturated rings. The molecule has 1 aliphatic carbocycles. The van der Waals surface area contributed by atoms with E-state index in [0.29, 0.717) is 5.78 Å². The monoisotopic (exact) mass is 243 g/mol. The minimum Gasteiger partial charge on any atom is -0.300 e. The molecule has 2 unspecified atom stereocenters. The molecule has 1 aromatic rings. The van der Waals surface area contributed by atoms with E-state index in [1.165, 1.54) is 24.8 Å². The number of carbonyl (C=O) groups excluding carboxylic acids is 1. The molecule has 0 N–H and O–H groups in total. The molecule has 1 saturated carbocycles. The summed E-state index contributed by atoms with van der Waals surface area (Å²) in [5, 5.41) is 0. The molecule has 0 radical (unpaired) electrons. The highest BCUT2D eigenvalue weighted by Gasteiger charge is 2.61. The first-order valence-electron chi connectivity index (χ1n) is 7.06. The number of likely N-dealkylation sites (tertiary alicyclic amines) is 1. The molecule has 0 aromatic heterocycles. The lowest BCUT2D eigenvalue weighted by atomic mass is 9.96. The predicted molar refractivity (Wildman–Crippen MR) is 72.3 cm³/mol. The van der Waals surface area contributed by atoms with Crippen LogP contribution in [0.25, 0.3) is 0 Å². The molecule has 2 heteroatoms. The fourth-order valence-electron chi connectivity index (χ4n) is 3.60. The minimum atomic E-state index is 0.0352. The van der Waals surface area contributed by atoms with Gasteiger partial charge in [0.15, 0.2) is 0 Å². The molecule has 1 aromatic carbocycles. The van der Waals surface area contributed by atoms with Crippen molar-refractivity contribution in [2.75, 3.05) is 13.1 Å².